The third-order valence-electron chi connectivity index (χ3n) is 4.74. The number of aromatic nitrogens is 3. The van der Waals surface area contributed by atoms with E-state index < -0.39 is 0 Å². The van der Waals surface area contributed by atoms with Crippen molar-refractivity contribution in [3.8, 4) is 0 Å². The Morgan fingerprint density at radius 3 is 2.42 bits per heavy atom. The summed E-state index contributed by atoms with van der Waals surface area (Å²) >= 11 is 1.33. The van der Waals surface area contributed by atoms with Crippen molar-refractivity contribution in [1.29, 1.82) is 0 Å². The molecule has 31 heavy (non-hydrogen) atoms. The van der Waals surface area contributed by atoms with Crippen LogP contribution in [-0.4, -0.2) is 32.3 Å². The van der Waals surface area contributed by atoms with Crippen LogP contribution in [0, 0.1) is 20.8 Å². The van der Waals surface area contributed by atoms with Crippen LogP contribution < -0.4 is 10.6 Å². The molecule has 0 saturated carbocycles. The fraction of sp³-hybridized carbons (Fsp3) is 0.304. The molecule has 0 fully saturated rings. The molecule has 0 bridgehead atoms. The van der Waals surface area contributed by atoms with Crippen LogP contribution in [0.4, 0.5) is 5.69 Å². The summed E-state index contributed by atoms with van der Waals surface area (Å²) in [5, 5.41) is 14.9. The van der Waals surface area contributed by atoms with Gasteiger partial charge in [0.05, 0.1) is 12.3 Å². The predicted molar refractivity (Wildman–Crippen MR) is 123 cm³/mol. The van der Waals surface area contributed by atoms with Crippen LogP contribution in [-0.2, 0) is 17.9 Å². The Balaban J connectivity index is 1.58. The molecule has 7 nitrogen and oxygen atoms in total. The first-order chi connectivity index (χ1) is 14.9. The summed E-state index contributed by atoms with van der Waals surface area (Å²) in [5.41, 5.74) is 4.56. The van der Waals surface area contributed by atoms with Gasteiger partial charge in [-0.25, -0.2) is 0 Å². The SMILES string of the molecule is CCn1c(CNC(=O)c2ccccc2C)nnc1SCC(=O)Nc1cc(C)cc(C)c1. The molecule has 2 aromatic carbocycles. The summed E-state index contributed by atoms with van der Waals surface area (Å²) in [6.45, 7) is 8.80. The van der Waals surface area contributed by atoms with E-state index in [1.165, 1.54) is 11.8 Å². The normalized spacial score (nSPS) is 10.7. The number of carbonyl (C=O) groups is 2. The second-order valence-corrected chi connectivity index (χ2v) is 8.30. The van der Waals surface area contributed by atoms with Crippen LogP contribution in [0.15, 0.2) is 47.6 Å². The van der Waals surface area contributed by atoms with Crippen molar-refractivity contribution in [1.82, 2.24) is 20.1 Å². The lowest BCUT2D eigenvalue weighted by atomic mass is 10.1. The number of hydrogen-bond donors (Lipinski definition) is 2. The van der Waals surface area contributed by atoms with Gasteiger partial charge in [-0.05, 0) is 62.6 Å². The summed E-state index contributed by atoms with van der Waals surface area (Å²) in [4.78, 5) is 24.8. The molecule has 162 valence electrons. The Kier molecular flexibility index (Phi) is 7.46. The number of amides is 2. The highest BCUT2D eigenvalue weighted by atomic mass is 32.2. The van der Waals surface area contributed by atoms with Gasteiger partial charge in [0.15, 0.2) is 11.0 Å². The molecule has 0 radical (unpaired) electrons. The zero-order chi connectivity index (χ0) is 22.4. The lowest BCUT2D eigenvalue weighted by molar-refractivity contribution is -0.113. The molecular weight excluding hydrogens is 410 g/mol. The summed E-state index contributed by atoms with van der Waals surface area (Å²) in [6.07, 6.45) is 0. The molecule has 0 spiro atoms. The molecule has 0 aliphatic heterocycles. The Labute approximate surface area is 186 Å². The smallest absolute Gasteiger partial charge is 0.251 e. The van der Waals surface area contributed by atoms with Crippen molar-refractivity contribution in [3.63, 3.8) is 0 Å². The molecule has 0 atom stereocenters. The van der Waals surface area contributed by atoms with Crippen LogP contribution in [0.5, 0.6) is 0 Å². The molecule has 2 amide bonds. The number of hydrogen-bond acceptors (Lipinski definition) is 5. The third kappa shape index (κ3) is 5.95. The molecule has 2 N–H and O–H groups in total. The van der Waals surface area contributed by atoms with Crippen LogP contribution in [0.3, 0.4) is 0 Å². The number of carbonyl (C=O) groups excluding carboxylic acids is 2. The van der Waals surface area contributed by atoms with Gasteiger partial charge in [-0.15, -0.1) is 10.2 Å². The van der Waals surface area contributed by atoms with Crippen molar-refractivity contribution >= 4 is 29.3 Å². The van der Waals surface area contributed by atoms with Gasteiger partial charge in [-0.2, -0.15) is 0 Å². The maximum absolute atomic E-state index is 12.5. The molecule has 0 unspecified atom stereocenters. The summed E-state index contributed by atoms with van der Waals surface area (Å²) in [6, 6.07) is 13.4. The molecule has 8 heteroatoms. The Bertz CT molecular complexity index is 1070. The highest BCUT2D eigenvalue weighted by Gasteiger charge is 2.15. The summed E-state index contributed by atoms with van der Waals surface area (Å²) < 4.78 is 1.91. The van der Waals surface area contributed by atoms with Gasteiger partial charge in [0.25, 0.3) is 5.91 Å². The topological polar surface area (TPSA) is 88.9 Å². The van der Waals surface area contributed by atoms with Crippen LogP contribution >= 0.6 is 11.8 Å². The van der Waals surface area contributed by atoms with Crippen molar-refractivity contribution in [2.24, 2.45) is 0 Å². The lowest BCUT2D eigenvalue weighted by Gasteiger charge is -2.10. The third-order valence-corrected chi connectivity index (χ3v) is 5.71. The first kappa shape index (κ1) is 22.6. The van der Waals surface area contributed by atoms with E-state index in [0.717, 1.165) is 22.4 Å². The Morgan fingerprint density at radius 1 is 1.03 bits per heavy atom. The first-order valence-corrected chi connectivity index (χ1v) is 11.1. The number of benzene rings is 2. The van der Waals surface area contributed by atoms with Gasteiger partial charge < -0.3 is 15.2 Å². The highest BCUT2D eigenvalue weighted by Crippen LogP contribution is 2.19. The first-order valence-electron chi connectivity index (χ1n) is 10.1. The molecule has 0 saturated heterocycles. The zero-order valence-corrected chi connectivity index (χ0v) is 19.0. The highest BCUT2D eigenvalue weighted by molar-refractivity contribution is 7.99. The van der Waals surface area contributed by atoms with Crippen LogP contribution in [0.2, 0.25) is 0 Å². The maximum atomic E-state index is 12.5. The number of anilines is 1. The number of nitrogens with zero attached hydrogens (tertiary/aromatic N) is 3. The zero-order valence-electron chi connectivity index (χ0n) is 18.2. The van der Waals surface area contributed by atoms with E-state index in [4.69, 9.17) is 0 Å². The van der Waals surface area contributed by atoms with Crippen molar-refractivity contribution in [2.75, 3.05) is 11.1 Å². The number of rotatable bonds is 8. The maximum Gasteiger partial charge on any atom is 0.251 e. The van der Waals surface area contributed by atoms with E-state index in [1.54, 1.807) is 6.07 Å². The van der Waals surface area contributed by atoms with Crippen LogP contribution in [0.1, 0.15) is 39.8 Å². The van der Waals surface area contributed by atoms with E-state index in [0.29, 0.717) is 23.1 Å². The number of nitrogens with one attached hydrogen (secondary N) is 2. The number of aryl methyl sites for hydroxylation is 3. The molecule has 3 rings (SSSR count). The molecule has 1 heterocycles. The van der Waals surface area contributed by atoms with Gasteiger partial charge >= 0.3 is 0 Å². The largest absolute Gasteiger partial charge is 0.345 e. The van der Waals surface area contributed by atoms with Gasteiger partial charge in [0, 0.05) is 17.8 Å². The molecular formula is C23H27N5O2S. The van der Waals surface area contributed by atoms with Gasteiger partial charge in [-0.3, -0.25) is 9.59 Å². The Hall–Kier alpha value is -3.13. The van der Waals surface area contributed by atoms with Gasteiger partial charge in [-0.1, -0.05) is 36.0 Å². The van der Waals surface area contributed by atoms with E-state index in [1.807, 2.05) is 62.6 Å². The van der Waals surface area contributed by atoms with Gasteiger partial charge in [0.2, 0.25) is 5.91 Å². The van der Waals surface area contributed by atoms with E-state index >= 15 is 0 Å². The van der Waals surface area contributed by atoms with E-state index in [9.17, 15) is 9.59 Å². The molecule has 0 aliphatic rings. The fourth-order valence-electron chi connectivity index (χ4n) is 3.33. The van der Waals surface area contributed by atoms with Gasteiger partial charge in [0.1, 0.15) is 0 Å². The van der Waals surface area contributed by atoms with Crippen LogP contribution in [0.25, 0.3) is 0 Å². The minimum atomic E-state index is -0.147. The molecule has 1 aromatic heterocycles. The molecule has 0 aliphatic carbocycles. The fourth-order valence-corrected chi connectivity index (χ4v) is 4.15. The van der Waals surface area contributed by atoms with E-state index in [-0.39, 0.29) is 24.1 Å². The summed E-state index contributed by atoms with van der Waals surface area (Å²) in [7, 11) is 0. The minimum absolute atomic E-state index is 0.102. The quantitative estimate of drug-likeness (QED) is 0.522. The second kappa shape index (κ2) is 10.3. The molecule has 3 aromatic rings. The lowest BCUT2D eigenvalue weighted by Crippen LogP contribution is -2.25. The van der Waals surface area contributed by atoms with Crippen molar-refractivity contribution in [2.45, 2.75) is 45.9 Å². The summed E-state index contributed by atoms with van der Waals surface area (Å²) in [5.74, 6) is 0.628. The van der Waals surface area contributed by atoms with Crippen molar-refractivity contribution in [3.05, 3.63) is 70.5 Å². The average Bonchev–Trinajstić information content (AvgIpc) is 3.12. The Morgan fingerprint density at radius 2 is 1.74 bits per heavy atom. The minimum Gasteiger partial charge on any atom is -0.345 e. The average molecular weight is 438 g/mol. The predicted octanol–water partition coefficient (Wildman–Crippen LogP) is 3.88. The van der Waals surface area contributed by atoms with E-state index in [2.05, 4.69) is 26.9 Å². The standard InChI is InChI=1S/C23H27N5O2S/c1-5-28-20(13-24-22(30)19-9-7-6-8-17(19)4)26-27-23(28)31-14-21(29)25-18-11-15(2)10-16(3)12-18/h6-12H,5,13-14H2,1-4H3,(H,24,30)(H,25,29). The second-order valence-electron chi connectivity index (χ2n) is 7.35. The van der Waals surface area contributed by atoms with Crippen molar-refractivity contribution < 1.29 is 9.59 Å². The monoisotopic (exact) mass is 437 g/mol. The number of thioether (sulfide) groups is 1.